The van der Waals surface area contributed by atoms with Gasteiger partial charge < -0.3 is 29.6 Å². The number of alkyl halides is 14. The number of rotatable bonds is 22. The molecule has 0 aromatic heterocycles. The average Bonchev–Trinajstić information content (AvgIpc) is 1.62. The normalized spacial score (nSPS) is 14.0. The number of amides is 2. The largest absolute Gasteiger partial charge is 0.487 e. The van der Waals surface area contributed by atoms with Crippen LogP contribution in [0, 0.1) is 34.9 Å². The molecule has 1 aliphatic carbocycles. The van der Waals surface area contributed by atoms with Crippen molar-refractivity contribution in [3.63, 3.8) is 0 Å². The fourth-order valence-electron chi connectivity index (χ4n) is 9.54. The molecule has 0 heterocycles. The molecular formula is C65H44F20N2O6. The van der Waals surface area contributed by atoms with Gasteiger partial charge in [-0.2, -0.15) is 61.5 Å². The molecule has 93 heavy (non-hydrogen) atoms. The first-order chi connectivity index (χ1) is 43.6. The highest BCUT2D eigenvalue weighted by Crippen LogP contribution is 2.44. The molecule has 8 aromatic rings. The summed E-state index contributed by atoms with van der Waals surface area (Å²) in [5, 5.41) is 4.98. The van der Waals surface area contributed by atoms with Gasteiger partial charge >= 0.3 is 37.4 Å². The third-order valence-corrected chi connectivity index (χ3v) is 14.0. The fraction of sp³-hybridized carbons (Fsp3) is 0.200. The molecule has 1 fully saturated rings. The molecule has 490 valence electrons. The Morgan fingerprint density at radius 1 is 0.462 bits per heavy atom. The highest BCUT2D eigenvalue weighted by Gasteiger charge is 2.47. The average molecular weight is 1330 g/mol. The van der Waals surface area contributed by atoms with E-state index in [9.17, 15) is 88.6 Å². The predicted molar refractivity (Wildman–Crippen MR) is 293 cm³/mol. The van der Waals surface area contributed by atoms with Crippen LogP contribution in [0.15, 0.2) is 183 Å². The van der Waals surface area contributed by atoms with Crippen molar-refractivity contribution in [3.05, 3.63) is 273 Å². The zero-order valence-corrected chi connectivity index (χ0v) is 47.0. The Labute approximate surface area is 514 Å². The number of nitrogens with one attached hydrogen (secondary N) is 2. The first kappa shape index (κ1) is 69.1. The van der Waals surface area contributed by atoms with Crippen molar-refractivity contribution in [2.24, 2.45) is 0 Å². The Balaban J connectivity index is 0.000000239. The van der Waals surface area contributed by atoms with Crippen LogP contribution in [0.25, 0.3) is 0 Å². The Bertz CT molecular complexity index is 4000. The second-order valence-corrected chi connectivity index (χ2v) is 20.6. The molecule has 2 N–H and O–H groups in total. The Morgan fingerprint density at radius 2 is 0.839 bits per heavy atom. The summed E-state index contributed by atoms with van der Waals surface area (Å²) in [6.45, 7) is 3.33. The van der Waals surface area contributed by atoms with E-state index in [2.05, 4.69) is 26.7 Å². The van der Waals surface area contributed by atoms with Gasteiger partial charge in [-0.15, -0.1) is 0 Å². The smallest absolute Gasteiger partial charge is 0.461 e. The number of halogens is 20. The Morgan fingerprint density at radius 3 is 1.20 bits per heavy atom. The van der Waals surface area contributed by atoms with Crippen LogP contribution in [0.2, 0.25) is 0 Å². The minimum Gasteiger partial charge on any atom is -0.487 e. The van der Waals surface area contributed by atoms with Crippen LogP contribution in [-0.4, -0.2) is 43.0 Å². The molecule has 0 spiro atoms. The molecule has 0 unspecified atom stereocenters. The van der Waals surface area contributed by atoms with Crippen LogP contribution in [0.5, 0.6) is 23.0 Å². The fourth-order valence-corrected chi connectivity index (χ4v) is 9.54. The van der Waals surface area contributed by atoms with E-state index in [-0.39, 0.29) is 41.5 Å². The summed E-state index contributed by atoms with van der Waals surface area (Å²) in [6.07, 6.45) is -28.3. The number of benzene rings is 8. The van der Waals surface area contributed by atoms with Crippen LogP contribution in [0.4, 0.5) is 87.8 Å². The number of hydrogen-bond acceptors (Lipinski definition) is 6. The molecule has 1 saturated carbocycles. The molecular weight excluding hydrogens is 1280 g/mol. The minimum absolute atomic E-state index is 0.0675. The van der Waals surface area contributed by atoms with Crippen molar-refractivity contribution in [3.8, 4) is 23.0 Å². The standard InChI is InChI=1S/C33H23F10NO3.C32H21F10NO3/c34-22-13-21(14-24(16-22)47-33(42,43)30(37)38)31(17-18-4-2-1-3-5-18,20-7-11-27(36)28(15-20)46-23-8-9-23)44-29(45)19-6-10-26(35)25(12-19)32(39,40)41;1-2-45-27-15-20(9-11-26(27)35)30(17-18-6-4-3-5-7-18,21-13-22(33)16-23(14-21)46-32(41,42)29(36)37)43-28(44)19-8-10-25(34)24(12-19)31(38,39)40/h1-7,10-16,23,30H,8-9,17H2,(H,44,45);2-16,29H,1,17H2,(H,43,44)/t31-;30-/m11/s1. The number of ether oxygens (including phenoxy) is 4. The van der Waals surface area contributed by atoms with Crippen molar-refractivity contribution in [2.45, 2.75) is 80.3 Å². The molecule has 9 rings (SSSR count). The zero-order valence-electron chi connectivity index (χ0n) is 47.0. The van der Waals surface area contributed by atoms with E-state index >= 15 is 8.78 Å². The summed E-state index contributed by atoms with van der Waals surface area (Å²) in [6, 6.07) is 28.2. The molecule has 2 amide bonds. The van der Waals surface area contributed by atoms with Crippen LogP contribution in [0.1, 0.15) is 78.1 Å². The van der Waals surface area contributed by atoms with E-state index in [0.717, 1.165) is 73.0 Å². The minimum atomic E-state index is -5.21. The van der Waals surface area contributed by atoms with Crippen LogP contribution < -0.4 is 29.6 Å². The predicted octanol–water partition coefficient (Wildman–Crippen LogP) is 17.6. The van der Waals surface area contributed by atoms with Gasteiger partial charge in [0.25, 0.3) is 11.8 Å². The van der Waals surface area contributed by atoms with E-state index in [1.54, 1.807) is 48.5 Å². The molecule has 28 heteroatoms. The van der Waals surface area contributed by atoms with Gasteiger partial charge in [-0.1, -0.05) is 79.4 Å². The maximum absolute atomic E-state index is 15.1. The monoisotopic (exact) mass is 1330 g/mol. The van der Waals surface area contributed by atoms with Gasteiger partial charge in [0.2, 0.25) is 0 Å². The summed E-state index contributed by atoms with van der Waals surface area (Å²) in [5.74, 6) is -13.3. The summed E-state index contributed by atoms with van der Waals surface area (Å²) in [5.41, 5.74) is -9.64. The van der Waals surface area contributed by atoms with E-state index < -0.39 is 152 Å². The van der Waals surface area contributed by atoms with E-state index in [1.807, 2.05) is 0 Å². The lowest BCUT2D eigenvalue weighted by atomic mass is 9.77. The van der Waals surface area contributed by atoms with Crippen molar-refractivity contribution < 1.29 is 116 Å². The van der Waals surface area contributed by atoms with Gasteiger partial charge in [-0.25, -0.2) is 26.3 Å². The molecule has 0 radical (unpaired) electrons. The topological polar surface area (TPSA) is 95.1 Å². The van der Waals surface area contributed by atoms with Crippen molar-refractivity contribution in [1.82, 2.24) is 10.6 Å². The number of hydrogen-bond donors (Lipinski definition) is 2. The highest BCUT2D eigenvalue weighted by molar-refractivity contribution is 5.96. The third-order valence-electron chi connectivity index (χ3n) is 14.0. The molecule has 8 nitrogen and oxygen atoms in total. The SMILES string of the molecule is C=COc1cc([C@@](Cc2ccccc2)(NC(=O)c2ccc(F)c(C(F)(F)F)c2)c2cc(F)cc(OC(F)(F)C(F)F)c2)ccc1F.O=C(N[C@@](Cc1ccccc1)(c1cc(F)cc(OC(F)(F)C(F)F)c1)c1ccc(F)c(OC2CC2)c1)c1ccc(F)c(C(F)(F)F)c1. The lowest BCUT2D eigenvalue weighted by molar-refractivity contribution is -0.253. The molecule has 0 bridgehead atoms. The molecule has 2 atom stereocenters. The molecule has 8 aromatic carbocycles. The summed E-state index contributed by atoms with van der Waals surface area (Å²) in [7, 11) is 0. The summed E-state index contributed by atoms with van der Waals surface area (Å²) in [4.78, 5) is 27.5. The second kappa shape index (κ2) is 27.6. The van der Waals surface area contributed by atoms with Gasteiger partial charge in [0.05, 0.1) is 34.6 Å². The quantitative estimate of drug-likeness (QED) is 0.0519. The van der Waals surface area contributed by atoms with Gasteiger partial charge in [0.1, 0.15) is 34.8 Å². The second-order valence-electron chi connectivity index (χ2n) is 20.6. The summed E-state index contributed by atoms with van der Waals surface area (Å²) < 4.78 is 295. The first-order valence-electron chi connectivity index (χ1n) is 27.0. The summed E-state index contributed by atoms with van der Waals surface area (Å²) >= 11 is 0. The maximum Gasteiger partial charge on any atom is 0.461 e. The van der Waals surface area contributed by atoms with Crippen molar-refractivity contribution in [2.75, 3.05) is 0 Å². The van der Waals surface area contributed by atoms with E-state index in [4.69, 9.17) is 9.47 Å². The van der Waals surface area contributed by atoms with Crippen LogP contribution in [0.3, 0.4) is 0 Å². The third kappa shape index (κ3) is 16.7. The van der Waals surface area contributed by atoms with E-state index in [1.165, 1.54) is 12.1 Å². The van der Waals surface area contributed by atoms with Crippen molar-refractivity contribution >= 4 is 11.8 Å². The molecule has 1 aliphatic rings. The van der Waals surface area contributed by atoms with Crippen LogP contribution >= 0.6 is 0 Å². The number of carbonyl (C=O) groups excluding carboxylic acids is 2. The van der Waals surface area contributed by atoms with Gasteiger partial charge in [0.15, 0.2) is 23.1 Å². The lowest BCUT2D eigenvalue weighted by Gasteiger charge is -2.37. The lowest BCUT2D eigenvalue weighted by Crippen LogP contribution is -2.49. The van der Waals surface area contributed by atoms with Crippen molar-refractivity contribution in [1.29, 1.82) is 0 Å². The molecule has 0 aliphatic heterocycles. The van der Waals surface area contributed by atoms with Crippen LogP contribution in [-0.2, 0) is 36.3 Å². The highest BCUT2D eigenvalue weighted by atomic mass is 19.4. The molecule has 0 saturated heterocycles. The van der Waals surface area contributed by atoms with Gasteiger partial charge in [0, 0.05) is 36.1 Å². The van der Waals surface area contributed by atoms with Gasteiger partial charge in [-0.3, -0.25) is 9.59 Å². The van der Waals surface area contributed by atoms with E-state index in [0.29, 0.717) is 54.3 Å². The Kier molecular flexibility index (Phi) is 20.5. The zero-order chi connectivity index (χ0) is 68.0. The first-order valence-corrected chi connectivity index (χ1v) is 27.0. The van der Waals surface area contributed by atoms with Gasteiger partial charge in [-0.05, 0) is 131 Å². The maximum atomic E-state index is 15.1. The Hall–Kier alpha value is -9.76. The number of carbonyl (C=O) groups is 2.